The number of fused-ring (bicyclic) bond motifs is 3. The van der Waals surface area contributed by atoms with Crippen molar-refractivity contribution in [2.75, 3.05) is 25.6 Å². The SMILES string of the molecule is COC#Cc1cc(F)c2c(c1)CC[C@@H]2Nc1nc2[nH]c(O[C@@H]3CO[C@H]4[C@@H]3OC[C@H]4O)nc2cc1Cl. The normalized spacial score (nSPS) is 26.8. The summed E-state index contributed by atoms with van der Waals surface area (Å²) in [5.41, 5.74) is 3.06. The number of nitrogens with one attached hydrogen (secondary N) is 2. The zero-order valence-electron chi connectivity index (χ0n) is 18.7. The van der Waals surface area contributed by atoms with Crippen LogP contribution in [0.3, 0.4) is 0 Å². The van der Waals surface area contributed by atoms with E-state index >= 15 is 0 Å². The fourth-order valence-electron chi connectivity index (χ4n) is 4.95. The maximum Gasteiger partial charge on any atom is 0.296 e. The number of hydrogen-bond donors (Lipinski definition) is 3. The summed E-state index contributed by atoms with van der Waals surface area (Å²) in [6.07, 6.45) is 2.07. The Morgan fingerprint density at radius 2 is 2.09 bits per heavy atom. The lowest BCUT2D eigenvalue weighted by atomic mass is 10.0. The topological polar surface area (TPSA) is 111 Å². The monoisotopic (exact) mass is 500 g/mol. The van der Waals surface area contributed by atoms with E-state index in [4.69, 9.17) is 30.5 Å². The molecule has 9 nitrogen and oxygen atoms in total. The van der Waals surface area contributed by atoms with Crippen molar-refractivity contribution in [3.63, 3.8) is 0 Å². The zero-order valence-corrected chi connectivity index (χ0v) is 19.4. The molecular weight excluding hydrogens is 479 g/mol. The van der Waals surface area contributed by atoms with Gasteiger partial charge < -0.3 is 29.4 Å². The number of aromatic amines is 1. The number of rotatable bonds is 4. The van der Waals surface area contributed by atoms with Crippen molar-refractivity contribution >= 4 is 28.6 Å². The highest BCUT2D eigenvalue weighted by atomic mass is 35.5. The van der Waals surface area contributed by atoms with Gasteiger partial charge in [0.15, 0.2) is 11.8 Å². The number of aryl methyl sites for hydroxylation is 1. The van der Waals surface area contributed by atoms with Crippen molar-refractivity contribution in [1.29, 1.82) is 0 Å². The molecule has 11 heteroatoms. The third-order valence-corrected chi connectivity index (χ3v) is 6.81. The molecule has 5 atom stereocenters. The quantitative estimate of drug-likeness (QED) is 0.469. The summed E-state index contributed by atoms with van der Waals surface area (Å²) < 4.78 is 36.8. The molecule has 3 aromatic rings. The van der Waals surface area contributed by atoms with Gasteiger partial charge in [0.05, 0.1) is 31.4 Å². The third-order valence-electron chi connectivity index (χ3n) is 6.52. The average molecular weight is 501 g/mol. The number of ether oxygens (including phenoxy) is 4. The average Bonchev–Trinajstić information content (AvgIpc) is 3.59. The Morgan fingerprint density at radius 1 is 1.23 bits per heavy atom. The molecule has 3 aliphatic rings. The molecule has 0 radical (unpaired) electrons. The minimum Gasteiger partial charge on any atom is -0.456 e. The molecule has 182 valence electrons. The minimum absolute atomic E-state index is 0.217. The molecule has 2 aromatic heterocycles. The van der Waals surface area contributed by atoms with Gasteiger partial charge in [-0.05, 0) is 42.5 Å². The summed E-state index contributed by atoms with van der Waals surface area (Å²) in [4.78, 5) is 12.0. The van der Waals surface area contributed by atoms with Crippen LogP contribution in [0.2, 0.25) is 5.02 Å². The number of methoxy groups -OCH3 is 1. The van der Waals surface area contributed by atoms with E-state index in [1.54, 1.807) is 6.07 Å². The first-order valence-electron chi connectivity index (χ1n) is 11.3. The van der Waals surface area contributed by atoms with Crippen molar-refractivity contribution in [3.05, 3.63) is 45.7 Å². The predicted molar refractivity (Wildman–Crippen MR) is 124 cm³/mol. The van der Waals surface area contributed by atoms with Gasteiger partial charge in [-0.3, -0.25) is 4.98 Å². The highest BCUT2D eigenvalue weighted by molar-refractivity contribution is 6.33. The van der Waals surface area contributed by atoms with E-state index in [1.165, 1.54) is 13.2 Å². The van der Waals surface area contributed by atoms with Crippen LogP contribution < -0.4 is 10.1 Å². The van der Waals surface area contributed by atoms with Gasteiger partial charge in [-0.25, -0.2) is 9.37 Å². The van der Waals surface area contributed by atoms with Crippen LogP contribution in [-0.4, -0.2) is 64.8 Å². The molecule has 0 spiro atoms. The second-order valence-corrected chi connectivity index (χ2v) is 9.15. The van der Waals surface area contributed by atoms with Gasteiger partial charge >= 0.3 is 0 Å². The number of benzene rings is 1. The highest BCUT2D eigenvalue weighted by Crippen LogP contribution is 2.38. The molecular formula is C24H22ClFN4O5. The Bertz CT molecular complexity index is 1360. The number of imidazole rings is 1. The number of nitrogens with zero attached hydrogens (tertiary/aromatic N) is 2. The van der Waals surface area contributed by atoms with Crippen molar-refractivity contribution in [3.8, 4) is 18.0 Å². The number of aromatic nitrogens is 3. The fraction of sp³-hybridized carbons (Fsp3) is 0.417. The number of aliphatic hydroxyl groups excluding tert-OH is 1. The summed E-state index contributed by atoms with van der Waals surface area (Å²) in [5.74, 6) is 2.87. The first-order valence-corrected chi connectivity index (χ1v) is 11.6. The number of hydrogen-bond acceptors (Lipinski definition) is 8. The van der Waals surface area contributed by atoms with E-state index in [9.17, 15) is 9.50 Å². The Labute approximate surface area is 204 Å². The first kappa shape index (κ1) is 22.4. The fourth-order valence-corrected chi connectivity index (χ4v) is 5.15. The molecule has 4 heterocycles. The lowest BCUT2D eigenvalue weighted by Crippen LogP contribution is -2.34. The molecule has 3 N–H and O–H groups in total. The molecule has 6 rings (SSSR count). The van der Waals surface area contributed by atoms with Crippen LogP contribution in [0.25, 0.3) is 11.2 Å². The van der Waals surface area contributed by atoms with Crippen molar-refractivity contribution in [1.82, 2.24) is 15.0 Å². The standard InChI is InChI=1S/C24H22ClFN4O5/c1-32-5-4-11-6-12-2-3-15(19(12)14(26)7-11)27-22-13(25)8-16-23(29-22)30-24(28-16)35-18-10-34-20-17(31)9-33-21(18)20/h6-8,15,17-18,20-21,31H,2-3,9-10H2,1H3,(H2,27,28,29,30)/t15-,17+,18+,20+,21+/m0/s1. The lowest BCUT2D eigenvalue weighted by Gasteiger charge is -2.16. The smallest absolute Gasteiger partial charge is 0.296 e. The Kier molecular flexibility index (Phi) is 5.65. The van der Waals surface area contributed by atoms with Crippen molar-refractivity contribution in [2.24, 2.45) is 0 Å². The summed E-state index contributed by atoms with van der Waals surface area (Å²) in [6, 6.07) is 4.93. The Balaban J connectivity index is 1.22. The molecule has 2 saturated heterocycles. The van der Waals surface area contributed by atoms with Gasteiger partial charge in [-0.2, -0.15) is 4.98 Å². The van der Waals surface area contributed by atoms with E-state index in [-0.39, 0.29) is 37.2 Å². The first-order chi connectivity index (χ1) is 17.0. The van der Waals surface area contributed by atoms with Crippen LogP contribution in [0.1, 0.15) is 29.2 Å². The van der Waals surface area contributed by atoms with Gasteiger partial charge in [-0.15, -0.1) is 0 Å². The van der Waals surface area contributed by atoms with Crippen LogP contribution in [0, 0.1) is 17.8 Å². The summed E-state index contributed by atoms with van der Waals surface area (Å²) >= 11 is 6.49. The van der Waals surface area contributed by atoms with Crippen LogP contribution in [0.5, 0.6) is 6.01 Å². The molecule has 0 amide bonds. The van der Waals surface area contributed by atoms with Gasteiger partial charge in [0.2, 0.25) is 0 Å². The van der Waals surface area contributed by atoms with E-state index in [2.05, 4.69) is 32.3 Å². The number of halogens is 2. The second-order valence-electron chi connectivity index (χ2n) is 8.75. The van der Waals surface area contributed by atoms with E-state index in [1.807, 2.05) is 6.07 Å². The summed E-state index contributed by atoms with van der Waals surface area (Å²) in [5, 5.41) is 13.5. The number of H-pyrrole nitrogens is 1. The van der Waals surface area contributed by atoms with Crippen molar-refractivity contribution < 1.29 is 28.4 Å². The van der Waals surface area contributed by atoms with E-state index in [0.717, 1.165) is 5.56 Å². The number of anilines is 1. The maximum atomic E-state index is 14.9. The zero-order chi connectivity index (χ0) is 24.1. The van der Waals surface area contributed by atoms with Crippen molar-refractivity contribution in [2.45, 2.75) is 43.3 Å². The molecule has 0 saturated carbocycles. The molecule has 2 aliphatic heterocycles. The molecule has 0 bridgehead atoms. The van der Waals surface area contributed by atoms with Gasteiger partial charge in [0, 0.05) is 11.1 Å². The summed E-state index contributed by atoms with van der Waals surface area (Å²) in [7, 11) is 1.47. The van der Waals surface area contributed by atoms with E-state index in [0.29, 0.717) is 46.0 Å². The van der Waals surface area contributed by atoms with Gasteiger partial charge in [-0.1, -0.05) is 11.6 Å². The summed E-state index contributed by atoms with van der Waals surface area (Å²) in [6.45, 7) is 0.504. The third kappa shape index (κ3) is 4.04. The molecule has 0 unspecified atom stereocenters. The lowest BCUT2D eigenvalue weighted by molar-refractivity contribution is 0.00706. The van der Waals surface area contributed by atoms with Gasteiger partial charge in [0.1, 0.15) is 41.6 Å². The molecule has 2 fully saturated rings. The predicted octanol–water partition coefficient (Wildman–Crippen LogP) is 2.71. The largest absolute Gasteiger partial charge is 0.456 e. The number of aliphatic hydroxyl groups is 1. The van der Waals surface area contributed by atoms with Crippen LogP contribution in [-0.2, 0) is 20.6 Å². The van der Waals surface area contributed by atoms with Gasteiger partial charge in [0.25, 0.3) is 6.01 Å². The molecule has 1 aromatic carbocycles. The molecule has 35 heavy (non-hydrogen) atoms. The Morgan fingerprint density at radius 3 is 2.94 bits per heavy atom. The second kappa shape index (κ2) is 8.84. The van der Waals surface area contributed by atoms with Crippen LogP contribution >= 0.6 is 11.6 Å². The maximum absolute atomic E-state index is 14.9. The number of pyridine rings is 1. The highest BCUT2D eigenvalue weighted by Gasteiger charge is 2.48. The minimum atomic E-state index is -0.659. The van der Waals surface area contributed by atoms with E-state index < -0.39 is 18.3 Å². The van der Waals surface area contributed by atoms with Crippen LogP contribution in [0.4, 0.5) is 10.2 Å². The van der Waals surface area contributed by atoms with Crippen LogP contribution in [0.15, 0.2) is 18.2 Å². The molecule has 1 aliphatic carbocycles. The Hall–Kier alpha value is -3.10.